The van der Waals surface area contributed by atoms with Crippen LogP contribution in [0.2, 0.25) is 0 Å². The smallest absolute Gasteiger partial charge is 0.332 e. The molecule has 166 valence electrons. The molecule has 9 nitrogen and oxygen atoms in total. The van der Waals surface area contributed by atoms with Crippen molar-refractivity contribution in [1.82, 2.24) is 29.2 Å². The molecular weight excluding hydrogens is 435 g/mol. The predicted molar refractivity (Wildman–Crippen MR) is 118 cm³/mol. The number of thioether (sulfide) groups is 1. The zero-order valence-corrected chi connectivity index (χ0v) is 19.0. The van der Waals surface area contributed by atoms with E-state index in [-0.39, 0.29) is 28.5 Å². The van der Waals surface area contributed by atoms with Crippen LogP contribution in [0.15, 0.2) is 43.4 Å². The fraction of sp³-hybridized carbons (Fsp3) is 0.333. The maximum atomic E-state index is 13.1. The van der Waals surface area contributed by atoms with Crippen LogP contribution in [0.4, 0.5) is 4.39 Å². The van der Waals surface area contributed by atoms with E-state index in [1.165, 1.54) is 35.5 Å². The van der Waals surface area contributed by atoms with Crippen LogP contribution in [0, 0.1) is 5.82 Å². The van der Waals surface area contributed by atoms with Crippen molar-refractivity contribution in [2.45, 2.75) is 37.0 Å². The molecule has 4 rings (SSSR count). The maximum Gasteiger partial charge on any atom is 0.332 e. The average Bonchev–Trinajstić information content (AvgIpc) is 3.23. The van der Waals surface area contributed by atoms with Gasteiger partial charge in [-0.05, 0) is 24.3 Å². The van der Waals surface area contributed by atoms with Crippen molar-refractivity contribution in [3.63, 3.8) is 0 Å². The Bertz CT molecular complexity index is 1430. The van der Waals surface area contributed by atoms with Gasteiger partial charge in [0.05, 0.1) is 5.75 Å². The first-order valence-electron chi connectivity index (χ1n) is 9.76. The molecule has 0 aliphatic rings. The number of aryl methyl sites for hydroxylation is 1. The minimum atomic E-state index is -0.467. The van der Waals surface area contributed by atoms with Gasteiger partial charge >= 0.3 is 5.69 Å². The minimum absolute atomic E-state index is 0.259. The highest BCUT2D eigenvalue weighted by molar-refractivity contribution is 7.98. The fourth-order valence-corrected chi connectivity index (χ4v) is 3.88. The number of hydrogen-bond acceptors (Lipinski definition) is 8. The summed E-state index contributed by atoms with van der Waals surface area (Å²) in [6.07, 6.45) is 0. The van der Waals surface area contributed by atoms with Crippen molar-refractivity contribution >= 4 is 22.8 Å². The molecule has 0 atom stereocenters. The summed E-state index contributed by atoms with van der Waals surface area (Å²) in [6.45, 7) is 5.86. The van der Waals surface area contributed by atoms with E-state index in [0.717, 1.165) is 4.57 Å². The first kappa shape index (κ1) is 21.9. The molecule has 3 heterocycles. The molecule has 11 heteroatoms. The van der Waals surface area contributed by atoms with Gasteiger partial charge in [-0.3, -0.25) is 13.9 Å². The third-order valence-corrected chi connectivity index (χ3v) is 5.81. The highest BCUT2D eigenvalue weighted by Gasteiger charge is 2.24. The quantitative estimate of drug-likeness (QED) is 0.341. The Hall–Kier alpha value is -3.34. The standard InChI is InChI=1S/C21H21FN6O3S/c1-21(2,3)19-24-15-14(18(29)28(5)20(30)27(15)4)17(25-19)32-10-13-23-16(31-26-13)11-6-8-12(22)9-7-11/h6-9H,10H2,1-5H3. The molecule has 0 saturated carbocycles. The lowest BCUT2D eigenvalue weighted by Gasteiger charge is -2.19. The molecule has 0 unspecified atom stereocenters. The van der Waals surface area contributed by atoms with Crippen LogP contribution < -0.4 is 11.2 Å². The van der Waals surface area contributed by atoms with Crippen LogP contribution in [-0.4, -0.2) is 29.2 Å². The summed E-state index contributed by atoms with van der Waals surface area (Å²) in [5.41, 5.74) is -0.449. The van der Waals surface area contributed by atoms with Gasteiger partial charge in [0.15, 0.2) is 11.5 Å². The molecule has 0 saturated heterocycles. The SMILES string of the molecule is Cn1c(=O)c2c(SCc3noc(-c4ccc(F)cc4)n3)nc(C(C)(C)C)nc2n(C)c1=O. The molecule has 0 fully saturated rings. The first-order valence-corrected chi connectivity index (χ1v) is 10.7. The second kappa shape index (κ2) is 7.97. The predicted octanol–water partition coefficient (Wildman–Crippen LogP) is 2.81. The number of aromatic nitrogens is 6. The van der Waals surface area contributed by atoms with E-state index in [2.05, 4.69) is 20.1 Å². The largest absolute Gasteiger partial charge is 0.334 e. The van der Waals surface area contributed by atoms with Crippen molar-refractivity contribution in [2.24, 2.45) is 14.1 Å². The molecule has 0 radical (unpaired) electrons. The van der Waals surface area contributed by atoms with Crippen molar-refractivity contribution in [3.05, 3.63) is 62.6 Å². The zero-order valence-electron chi connectivity index (χ0n) is 18.2. The van der Waals surface area contributed by atoms with E-state index in [0.29, 0.717) is 22.2 Å². The third kappa shape index (κ3) is 3.95. The van der Waals surface area contributed by atoms with Gasteiger partial charge in [-0.1, -0.05) is 37.7 Å². The Morgan fingerprint density at radius 3 is 2.38 bits per heavy atom. The molecule has 0 amide bonds. The van der Waals surface area contributed by atoms with Gasteiger partial charge in [0.25, 0.3) is 11.4 Å². The average molecular weight is 457 g/mol. The van der Waals surface area contributed by atoms with E-state index in [1.54, 1.807) is 19.2 Å². The fourth-order valence-electron chi connectivity index (χ4n) is 3.02. The first-order chi connectivity index (χ1) is 15.1. The Morgan fingerprint density at radius 2 is 1.72 bits per heavy atom. The van der Waals surface area contributed by atoms with Gasteiger partial charge in [0.2, 0.25) is 0 Å². The number of halogens is 1. The molecule has 0 aliphatic carbocycles. The molecule has 0 spiro atoms. The lowest BCUT2D eigenvalue weighted by atomic mass is 9.96. The second-order valence-electron chi connectivity index (χ2n) is 8.32. The summed E-state index contributed by atoms with van der Waals surface area (Å²) in [5.74, 6) is 1.08. The van der Waals surface area contributed by atoms with E-state index in [1.807, 2.05) is 20.8 Å². The van der Waals surface area contributed by atoms with Crippen LogP contribution >= 0.6 is 11.8 Å². The number of rotatable bonds is 4. The van der Waals surface area contributed by atoms with Gasteiger partial charge < -0.3 is 4.52 Å². The third-order valence-electron chi connectivity index (χ3n) is 4.83. The van der Waals surface area contributed by atoms with Crippen LogP contribution in [0.3, 0.4) is 0 Å². The zero-order chi connectivity index (χ0) is 23.2. The van der Waals surface area contributed by atoms with Crippen molar-refractivity contribution in [1.29, 1.82) is 0 Å². The van der Waals surface area contributed by atoms with Crippen LogP contribution in [-0.2, 0) is 25.3 Å². The van der Waals surface area contributed by atoms with E-state index in [9.17, 15) is 14.0 Å². The number of hydrogen-bond donors (Lipinski definition) is 0. The molecule has 3 aromatic heterocycles. The summed E-state index contributed by atoms with van der Waals surface area (Å²) in [5, 5.41) is 4.66. The van der Waals surface area contributed by atoms with Gasteiger partial charge in [0.1, 0.15) is 22.1 Å². The summed E-state index contributed by atoms with van der Waals surface area (Å²) in [6, 6.07) is 5.74. The lowest BCUT2D eigenvalue weighted by molar-refractivity contribution is 0.425. The second-order valence-corrected chi connectivity index (χ2v) is 9.28. The number of nitrogens with zero attached hydrogens (tertiary/aromatic N) is 6. The van der Waals surface area contributed by atoms with Crippen molar-refractivity contribution in [3.8, 4) is 11.5 Å². The molecule has 0 N–H and O–H groups in total. The Morgan fingerprint density at radius 1 is 1.03 bits per heavy atom. The topological polar surface area (TPSA) is 109 Å². The van der Waals surface area contributed by atoms with E-state index in [4.69, 9.17) is 4.52 Å². The summed E-state index contributed by atoms with van der Waals surface area (Å²) >= 11 is 1.26. The number of fused-ring (bicyclic) bond motifs is 1. The van der Waals surface area contributed by atoms with E-state index < -0.39 is 16.7 Å². The van der Waals surface area contributed by atoms with Gasteiger partial charge in [-0.15, -0.1) is 0 Å². The summed E-state index contributed by atoms with van der Waals surface area (Å²) in [7, 11) is 3.00. The maximum absolute atomic E-state index is 13.1. The van der Waals surface area contributed by atoms with E-state index >= 15 is 0 Å². The van der Waals surface area contributed by atoms with Crippen LogP contribution in [0.25, 0.3) is 22.5 Å². The van der Waals surface area contributed by atoms with Crippen LogP contribution in [0.1, 0.15) is 32.4 Å². The normalized spacial score (nSPS) is 11.9. The summed E-state index contributed by atoms with van der Waals surface area (Å²) in [4.78, 5) is 38.8. The molecule has 4 aromatic rings. The van der Waals surface area contributed by atoms with Crippen LogP contribution in [0.5, 0.6) is 0 Å². The molecule has 0 aliphatic heterocycles. The monoisotopic (exact) mass is 456 g/mol. The molecule has 32 heavy (non-hydrogen) atoms. The Balaban J connectivity index is 1.75. The van der Waals surface area contributed by atoms with Gasteiger partial charge in [0, 0.05) is 25.1 Å². The molecular formula is C21H21FN6O3S. The Labute approximate surface area is 186 Å². The lowest BCUT2D eigenvalue weighted by Crippen LogP contribution is -2.38. The summed E-state index contributed by atoms with van der Waals surface area (Å²) < 4.78 is 20.8. The molecule has 1 aromatic carbocycles. The highest BCUT2D eigenvalue weighted by Crippen LogP contribution is 2.29. The Kier molecular flexibility index (Phi) is 5.45. The number of benzene rings is 1. The van der Waals surface area contributed by atoms with Crippen molar-refractivity contribution < 1.29 is 8.91 Å². The minimum Gasteiger partial charge on any atom is -0.334 e. The van der Waals surface area contributed by atoms with Gasteiger partial charge in [-0.25, -0.2) is 19.2 Å². The highest BCUT2D eigenvalue weighted by atomic mass is 32.2. The van der Waals surface area contributed by atoms with Gasteiger partial charge in [-0.2, -0.15) is 4.98 Å². The molecule has 0 bridgehead atoms. The van der Waals surface area contributed by atoms with Crippen molar-refractivity contribution in [2.75, 3.05) is 0 Å².